The van der Waals surface area contributed by atoms with Crippen LogP contribution in [-0.4, -0.2) is 74.7 Å². The SMILES string of the molecule is COCC(N)C(=O)N1CCN(C(C(=O)OC)c2cccc(Cl)c2)CC1. The molecule has 1 heterocycles. The minimum atomic E-state index is -0.666. The Hall–Kier alpha value is -1.67. The number of carbonyl (C=O) groups excluding carboxylic acids is 2. The number of carbonyl (C=O) groups is 2. The summed E-state index contributed by atoms with van der Waals surface area (Å²) in [7, 11) is 2.88. The van der Waals surface area contributed by atoms with Crippen LogP contribution in [0.2, 0.25) is 5.02 Å². The molecular formula is C17H24ClN3O4. The number of piperazine rings is 1. The van der Waals surface area contributed by atoms with E-state index in [0.717, 1.165) is 5.56 Å². The minimum absolute atomic E-state index is 0.140. The van der Waals surface area contributed by atoms with Crippen LogP contribution in [0.5, 0.6) is 0 Å². The van der Waals surface area contributed by atoms with Gasteiger partial charge in [-0.3, -0.25) is 9.69 Å². The fourth-order valence-corrected chi connectivity index (χ4v) is 3.17. The number of rotatable bonds is 6. The van der Waals surface area contributed by atoms with Crippen LogP contribution in [0.15, 0.2) is 24.3 Å². The number of methoxy groups -OCH3 is 2. The lowest BCUT2D eigenvalue weighted by Crippen LogP contribution is -2.55. The van der Waals surface area contributed by atoms with Gasteiger partial charge in [-0.15, -0.1) is 0 Å². The number of hydrogen-bond donors (Lipinski definition) is 1. The average molecular weight is 370 g/mol. The van der Waals surface area contributed by atoms with Gasteiger partial charge in [0.2, 0.25) is 5.91 Å². The lowest BCUT2D eigenvalue weighted by atomic mass is 10.0. The van der Waals surface area contributed by atoms with E-state index in [9.17, 15) is 9.59 Å². The molecule has 1 saturated heterocycles. The predicted molar refractivity (Wildman–Crippen MR) is 94.2 cm³/mol. The van der Waals surface area contributed by atoms with Crippen molar-refractivity contribution in [1.29, 1.82) is 0 Å². The van der Waals surface area contributed by atoms with Crippen molar-refractivity contribution in [3.05, 3.63) is 34.9 Å². The molecule has 0 radical (unpaired) electrons. The Morgan fingerprint density at radius 3 is 2.48 bits per heavy atom. The van der Waals surface area contributed by atoms with Crippen LogP contribution in [-0.2, 0) is 19.1 Å². The zero-order chi connectivity index (χ0) is 18.4. The lowest BCUT2D eigenvalue weighted by Gasteiger charge is -2.39. The molecule has 8 heteroatoms. The normalized spacial score (nSPS) is 17.8. The molecule has 1 fully saturated rings. The lowest BCUT2D eigenvalue weighted by molar-refractivity contribution is -0.148. The summed E-state index contributed by atoms with van der Waals surface area (Å²) < 4.78 is 9.90. The summed E-state index contributed by atoms with van der Waals surface area (Å²) in [4.78, 5) is 28.3. The molecule has 1 aromatic carbocycles. The van der Waals surface area contributed by atoms with Crippen LogP contribution in [0.1, 0.15) is 11.6 Å². The van der Waals surface area contributed by atoms with Gasteiger partial charge in [0.05, 0.1) is 13.7 Å². The third kappa shape index (κ3) is 4.92. The van der Waals surface area contributed by atoms with Crippen molar-refractivity contribution < 1.29 is 19.1 Å². The van der Waals surface area contributed by atoms with E-state index in [1.54, 1.807) is 23.1 Å². The van der Waals surface area contributed by atoms with Gasteiger partial charge in [0.1, 0.15) is 12.1 Å². The molecule has 7 nitrogen and oxygen atoms in total. The second-order valence-corrected chi connectivity index (χ2v) is 6.34. The van der Waals surface area contributed by atoms with Gasteiger partial charge >= 0.3 is 5.97 Å². The highest BCUT2D eigenvalue weighted by Crippen LogP contribution is 2.26. The summed E-state index contributed by atoms with van der Waals surface area (Å²) in [6.45, 7) is 2.25. The van der Waals surface area contributed by atoms with E-state index >= 15 is 0 Å². The molecule has 2 N–H and O–H groups in total. The first-order chi connectivity index (χ1) is 12.0. The van der Waals surface area contributed by atoms with Crippen LogP contribution in [0.4, 0.5) is 0 Å². The van der Waals surface area contributed by atoms with E-state index < -0.39 is 12.1 Å². The first-order valence-electron chi connectivity index (χ1n) is 8.08. The molecule has 2 unspecified atom stereocenters. The first-order valence-corrected chi connectivity index (χ1v) is 8.46. The largest absolute Gasteiger partial charge is 0.468 e. The summed E-state index contributed by atoms with van der Waals surface area (Å²) in [5.41, 5.74) is 6.59. The molecule has 0 aromatic heterocycles. The number of nitrogens with two attached hydrogens (primary N) is 1. The Kier molecular flexibility index (Phi) is 7.19. The molecule has 0 aliphatic carbocycles. The fourth-order valence-electron chi connectivity index (χ4n) is 2.97. The van der Waals surface area contributed by atoms with Crippen LogP contribution in [0, 0.1) is 0 Å². The maximum absolute atomic E-state index is 12.3. The molecule has 0 spiro atoms. The highest BCUT2D eigenvalue weighted by Gasteiger charge is 2.33. The van der Waals surface area contributed by atoms with E-state index in [-0.39, 0.29) is 18.5 Å². The third-order valence-electron chi connectivity index (χ3n) is 4.24. The maximum atomic E-state index is 12.3. The molecule has 138 valence electrons. The van der Waals surface area contributed by atoms with Gasteiger partial charge in [0.15, 0.2) is 0 Å². The third-order valence-corrected chi connectivity index (χ3v) is 4.48. The number of nitrogens with zero attached hydrogens (tertiary/aromatic N) is 2. The van der Waals surface area contributed by atoms with Crippen LogP contribution in [0.25, 0.3) is 0 Å². The van der Waals surface area contributed by atoms with E-state index in [0.29, 0.717) is 31.2 Å². The second-order valence-electron chi connectivity index (χ2n) is 5.90. The molecule has 1 aromatic rings. The monoisotopic (exact) mass is 369 g/mol. The zero-order valence-corrected chi connectivity index (χ0v) is 15.2. The Bertz CT molecular complexity index is 605. The highest BCUT2D eigenvalue weighted by molar-refractivity contribution is 6.30. The number of amides is 1. The molecule has 0 saturated carbocycles. The number of ether oxygens (including phenoxy) is 2. The summed E-state index contributed by atoms with van der Waals surface area (Å²) in [5, 5.41) is 0.561. The fraction of sp³-hybridized carbons (Fsp3) is 0.529. The Morgan fingerprint density at radius 1 is 1.24 bits per heavy atom. The van der Waals surface area contributed by atoms with E-state index in [1.165, 1.54) is 14.2 Å². The van der Waals surface area contributed by atoms with Crippen molar-refractivity contribution in [2.24, 2.45) is 5.73 Å². The van der Waals surface area contributed by atoms with Crippen molar-refractivity contribution in [2.75, 3.05) is 47.0 Å². The van der Waals surface area contributed by atoms with Gasteiger partial charge < -0.3 is 20.1 Å². The number of benzene rings is 1. The van der Waals surface area contributed by atoms with Crippen molar-refractivity contribution >= 4 is 23.5 Å². The molecule has 25 heavy (non-hydrogen) atoms. The molecule has 2 rings (SSSR count). The summed E-state index contributed by atoms with van der Waals surface area (Å²) in [5.74, 6) is -0.489. The van der Waals surface area contributed by atoms with E-state index in [1.807, 2.05) is 11.0 Å². The summed E-state index contributed by atoms with van der Waals surface area (Å²) >= 11 is 6.06. The van der Waals surface area contributed by atoms with Crippen molar-refractivity contribution in [3.8, 4) is 0 Å². The number of hydrogen-bond acceptors (Lipinski definition) is 6. The molecule has 1 amide bonds. The summed E-state index contributed by atoms with van der Waals surface area (Å²) in [6.07, 6.45) is 0. The first kappa shape index (κ1) is 19.7. The van der Waals surface area contributed by atoms with Gasteiger partial charge in [-0.05, 0) is 17.7 Å². The smallest absolute Gasteiger partial charge is 0.327 e. The Balaban J connectivity index is 2.07. The van der Waals surface area contributed by atoms with Crippen LogP contribution >= 0.6 is 11.6 Å². The minimum Gasteiger partial charge on any atom is -0.468 e. The molecule has 0 bridgehead atoms. The zero-order valence-electron chi connectivity index (χ0n) is 14.5. The van der Waals surface area contributed by atoms with Gasteiger partial charge in [0.25, 0.3) is 0 Å². The van der Waals surface area contributed by atoms with Crippen molar-refractivity contribution in [3.63, 3.8) is 0 Å². The van der Waals surface area contributed by atoms with Gasteiger partial charge in [-0.2, -0.15) is 0 Å². The summed E-state index contributed by atoms with van der Waals surface area (Å²) in [6, 6.07) is 5.95. The second kappa shape index (κ2) is 9.15. The van der Waals surface area contributed by atoms with Crippen LogP contribution in [0.3, 0.4) is 0 Å². The molecule has 2 atom stereocenters. The number of halogens is 1. The van der Waals surface area contributed by atoms with Gasteiger partial charge in [0, 0.05) is 38.3 Å². The standard InChI is InChI=1S/C17H24ClN3O4/c1-24-11-14(19)16(22)21-8-6-20(7-9-21)15(17(23)25-2)12-4-3-5-13(18)10-12/h3-5,10,14-15H,6-9,11,19H2,1-2H3. The van der Waals surface area contributed by atoms with E-state index in [2.05, 4.69) is 0 Å². The average Bonchev–Trinajstić information content (AvgIpc) is 2.62. The van der Waals surface area contributed by atoms with Crippen molar-refractivity contribution in [1.82, 2.24) is 9.80 Å². The number of esters is 1. The van der Waals surface area contributed by atoms with Crippen molar-refractivity contribution in [2.45, 2.75) is 12.1 Å². The Labute approximate surface area is 152 Å². The highest BCUT2D eigenvalue weighted by atomic mass is 35.5. The van der Waals surface area contributed by atoms with E-state index in [4.69, 9.17) is 26.8 Å². The van der Waals surface area contributed by atoms with Crippen LogP contribution < -0.4 is 5.73 Å². The topological polar surface area (TPSA) is 85.1 Å². The quantitative estimate of drug-likeness (QED) is 0.742. The maximum Gasteiger partial charge on any atom is 0.327 e. The van der Waals surface area contributed by atoms with Gasteiger partial charge in [-0.25, -0.2) is 4.79 Å². The van der Waals surface area contributed by atoms with Gasteiger partial charge in [-0.1, -0.05) is 23.7 Å². The molecule has 1 aliphatic rings. The molecule has 1 aliphatic heterocycles. The predicted octanol–water partition coefficient (Wildman–Crippen LogP) is 0.672. The Morgan fingerprint density at radius 2 is 1.92 bits per heavy atom. The molecular weight excluding hydrogens is 346 g/mol.